The van der Waals surface area contributed by atoms with Gasteiger partial charge in [0.05, 0.1) is 25.1 Å². The summed E-state index contributed by atoms with van der Waals surface area (Å²) in [4.78, 5) is 38.1. The molecule has 1 saturated heterocycles. The van der Waals surface area contributed by atoms with Crippen LogP contribution in [0.5, 0.6) is 0 Å². The van der Waals surface area contributed by atoms with Gasteiger partial charge < -0.3 is 23.8 Å². The van der Waals surface area contributed by atoms with E-state index in [4.69, 9.17) is 13.6 Å². The highest BCUT2D eigenvalue weighted by molar-refractivity contribution is 5.80. The van der Waals surface area contributed by atoms with Crippen molar-refractivity contribution in [1.29, 1.82) is 5.26 Å². The number of rotatable bonds is 6. The Balaban J connectivity index is 1.41. The van der Waals surface area contributed by atoms with Crippen LogP contribution in [0.4, 0.5) is 4.39 Å². The van der Waals surface area contributed by atoms with Crippen molar-refractivity contribution in [2.45, 2.75) is 69.8 Å². The summed E-state index contributed by atoms with van der Waals surface area (Å²) >= 11 is 0. The summed E-state index contributed by atoms with van der Waals surface area (Å²) in [7, 11) is 0. The molecule has 3 atom stereocenters. The molecule has 2 heterocycles. The van der Waals surface area contributed by atoms with Crippen molar-refractivity contribution in [2.75, 3.05) is 13.1 Å². The van der Waals surface area contributed by atoms with E-state index in [-0.39, 0.29) is 43.5 Å². The third-order valence-corrected chi connectivity index (χ3v) is 7.01. The SMILES string of the molecule is Cc1oc(=O)oc1COC(=O)C1CC2CCC1(NCC(=O)N1C[C@@H](F)C[C@H]1C#N)CC2. The highest BCUT2D eigenvalue weighted by Crippen LogP contribution is 2.48. The van der Waals surface area contributed by atoms with Crippen molar-refractivity contribution in [3.63, 3.8) is 0 Å². The van der Waals surface area contributed by atoms with Gasteiger partial charge in [-0.3, -0.25) is 9.59 Å². The van der Waals surface area contributed by atoms with E-state index in [9.17, 15) is 24.0 Å². The molecule has 1 N–H and O–H groups in total. The lowest BCUT2D eigenvalue weighted by Crippen LogP contribution is -2.61. The Morgan fingerprint density at radius 1 is 1.32 bits per heavy atom. The molecule has 1 aromatic rings. The van der Waals surface area contributed by atoms with E-state index in [1.54, 1.807) is 6.92 Å². The normalized spacial score (nSPS) is 32.1. The number of alkyl halides is 1. The molecule has 0 aromatic carbocycles. The molecule has 1 aliphatic heterocycles. The number of esters is 1. The molecule has 5 rings (SSSR count). The van der Waals surface area contributed by atoms with Gasteiger partial charge in [0.15, 0.2) is 18.1 Å². The van der Waals surface area contributed by atoms with Crippen molar-refractivity contribution in [3.8, 4) is 6.07 Å². The quantitative estimate of drug-likeness (QED) is 0.668. The van der Waals surface area contributed by atoms with Crippen LogP contribution in [0.2, 0.25) is 0 Å². The lowest BCUT2D eigenvalue weighted by atomic mass is 9.59. The molecule has 10 heteroatoms. The van der Waals surface area contributed by atoms with Crippen LogP contribution in [0.15, 0.2) is 13.6 Å². The van der Waals surface area contributed by atoms with Gasteiger partial charge in [-0.25, -0.2) is 9.18 Å². The minimum Gasteiger partial charge on any atom is -0.457 e. The van der Waals surface area contributed by atoms with Gasteiger partial charge in [0, 0.05) is 12.0 Å². The Kier molecular flexibility index (Phi) is 5.88. The second-order valence-corrected chi connectivity index (χ2v) is 8.81. The van der Waals surface area contributed by atoms with Gasteiger partial charge in [0.25, 0.3) is 0 Å². The number of carbonyl (C=O) groups excluding carboxylic acids is 2. The molecule has 2 bridgehead atoms. The van der Waals surface area contributed by atoms with Crippen LogP contribution >= 0.6 is 0 Å². The molecule has 0 spiro atoms. The van der Waals surface area contributed by atoms with Crippen molar-refractivity contribution in [3.05, 3.63) is 22.1 Å². The zero-order valence-corrected chi connectivity index (χ0v) is 17.4. The second kappa shape index (κ2) is 8.46. The molecule has 3 aliphatic carbocycles. The molecular formula is C21H26FN3O6. The summed E-state index contributed by atoms with van der Waals surface area (Å²) in [5.74, 6) is -1.15. The van der Waals surface area contributed by atoms with Gasteiger partial charge in [0.1, 0.15) is 12.2 Å². The lowest BCUT2D eigenvalue weighted by Gasteiger charge is -2.51. The van der Waals surface area contributed by atoms with Crippen LogP contribution in [0.25, 0.3) is 0 Å². The van der Waals surface area contributed by atoms with E-state index in [1.807, 2.05) is 6.07 Å². The van der Waals surface area contributed by atoms with E-state index in [2.05, 4.69) is 5.32 Å². The number of nitrogens with zero attached hydrogens (tertiary/aromatic N) is 2. The van der Waals surface area contributed by atoms with E-state index in [0.717, 1.165) is 25.7 Å². The molecule has 1 unspecified atom stereocenters. The molecular weight excluding hydrogens is 409 g/mol. The average molecular weight is 435 g/mol. The number of hydrogen-bond donors (Lipinski definition) is 1. The number of carbonyl (C=O) groups is 2. The first-order valence-corrected chi connectivity index (χ1v) is 10.7. The topological polar surface area (TPSA) is 126 Å². The maximum absolute atomic E-state index is 13.7. The number of nitriles is 1. The lowest BCUT2D eigenvalue weighted by molar-refractivity contribution is -0.159. The molecule has 9 nitrogen and oxygen atoms in total. The molecule has 3 saturated carbocycles. The first kappa shape index (κ1) is 21.6. The molecule has 1 aromatic heterocycles. The Bertz CT molecular complexity index is 942. The van der Waals surface area contributed by atoms with Crippen LogP contribution in [-0.4, -0.2) is 47.6 Å². The molecule has 168 valence electrons. The highest BCUT2D eigenvalue weighted by Gasteiger charge is 2.51. The summed E-state index contributed by atoms with van der Waals surface area (Å²) in [5.41, 5.74) is -0.579. The van der Waals surface area contributed by atoms with Gasteiger partial charge in [-0.05, 0) is 44.9 Å². The number of fused-ring (bicyclic) bond motifs is 3. The van der Waals surface area contributed by atoms with Gasteiger partial charge in [-0.15, -0.1) is 0 Å². The average Bonchev–Trinajstić information content (AvgIpc) is 3.31. The number of hydrogen-bond acceptors (Lipinski definition) is 8. The summed E-state index contributed by atoms with van der Waals surface area (Å²) < 4.78 is 28.8. The summed E-state index contributed by atoms with van der Waals surface area (Å²) in [5, 5.41) is 12.5. The summed E-state index contributed by atoms with van der Waals surface area (Å²) in [6, 6.07) is 1.23. The zero-order chi connectivity index (χ0) is 22.2. The molecule has 1 amide bonds. The molecule has 4 fully saturated rings. The number of ether oxygens (including phenoxy) is 1. The summed E-state index contributed by atoms with van der Waals surface area (Å²) in [6.07, 6.45) is 2.89. The van der Waals surface area contributed by atoms with E-state index >= 15 is 0 Å². The van der Waals surface area contributed by atoms with E-state index < -0.39 is 35.5 Å². The highest BCUT2D eigenvalue weighted by atomic mass is 19.1. The smallest absolute Gasteiger partial charge is 0.457 e. The number of amides is 1. The van der Waals surface area contributed by atoms with Gasteiger partial charge in [-0.2, -0.15) is 5.26 Å². The first-order valence-electron chi connectivity index (χ1n) is 10.7. The molecule has 0 radical (unpaired) electrons. The Hall–Kier alpha value is -2.67. The van der Waals surface area contributed by atoms with Crippen LogP contribution in [0.1, 0.15) is 50.0 Å². The van der Waals surface area contributed by atoms with Crippen molar-refractivity contribution in [1.82, 2.24) is 10.2 Å². The standard InChI is InChI=1S/C21H26FN3O6/c1-12-17(31-20(28)30-12)11-29-19(27)16-6-13-2-4-21(16,5-3-13)24-9-18(26)25-10-14(22)7-15(25)8-23/h13-16,24H,2-7,9-11H2,1H3/t13?,14-,15-,16?,21?/m0/s1. The van der Waals surface area contributed by atoms with Crippen molar-refractivity contribution >= 4 is 11.9 Å². The van der Waals surface area contributed by atoms with Crippen molar-refractivity contribution < 1.29 is 27.6 Å². The molecule has 31 heavy (non-hydrogen) atoms. The van der Waals surface area contributed by atoms with Gasteiger partial charge >= 0.3 is 11.8 Å². The fourth-order valence-electron chi connectivity index (χ4n) is 5.24. The van der Waals surface area contributed by atoms with Crippen molar-refractivity contribution in [2.24, 2.45) is 11.8 Å². The second-order valence-electron chi connectivity index (χ2n) is 8.81. The maximum Gasteiger partial charge on any atom is 0.519 e. The Morgan fingerprint density at radius 3 is 2.71 bits per heavy atom. The first-order chi connectivity index (χ1) is 14.8. The molecule has 4 aliphatic rings. The minimum atomic E-state index is -1.19. The number of halogens is 1. The van der Waals surface area contributed by atoms with Crippen LogP contribution < -0.4 is 11.1 Å². The minimum absolute atomic E-state index is 0.0353. The van der Waals surface area contributed by atoms with Crippen LogP contribution in [0, 0.1) is 30.1 Å². The fraction of sp³-hybridized carbons (Fsp3) is 0.714. The zero-order valence-electron chi connectivity index (χ0n) is 17.4. The fourth-order valence-corrected chi connectivity index (χ4v) is 5.24. The predicted molar refractivity (Wildman–Crippen MR) is 103 cm³/mol. The van der Waals surface area contributed by atoms with Crippen LogP contribution in [0.3, 0.4) is 0 Å². The van der Waals surface area contributed by atoms with Crippen LogP contribution in [-0.2, 0) is 20.9 Å². The van der Waals surface area contributed by atoms with Gasteiger partial charge in [0.2, 0.25) is 5.91 Å². The Labute approximate surface area is 178 Å². The third kappa shape index (κ3) is 4.24. The Morgan fingerprint density at radius 2 is 2.06 bits per heavy atom. The monoisotopic (exact) mass is 435 g/mol. The number of likely N-dealkylation sites (tertiary alicyclic amines) is 1. The number of aryl methyl sites for hydroxylation is 1. The van der Waals surface area contributed by atoms with Gasteiger partial charge in [-0.1, -0.05) is 0 Å². The maximum atomic E-state index is 13.7. The van der Waals surface area contributed by atoms with E-state index in [1.165, 1.54) is 4.90 Å². The summed E-state index contributed by atoms with van der Waals surface area (Å²) in [6.45, 7) is 1.23. The predicted octanol–water partition coefficient (Wildman–Crippen LogP) is 1.59. The number of nitrogens with one attached hydrogen (secondary N) is 1. The third-order valence-electron chi connectivity index (χ3n) is 7.01. The van der Waals surface area contributed by atoms with E-state index in [0.29, 0.717) is 12.3 Å². The largest absolute Gasteiger partial charge is 0.519 e.